The van der Waals surface area contributed by atoms with Crippen LogP contribution in [0, 0.1) is 0 Å². The van der Waals surface area contributed by atoms with Crippen molar-refractivity contribution in [1.29, 1.82) is 0 Å². The van der Waals surface area contributed by atoms with E-state index in [0.29, 0.717) is 23.4 Å². The molecule has 1 rings (SSSR count). The molecule has 1 aromatic heterocycles. The van der Waals surface area contributed by atoms with E-state index in [1.165, 1.54) is 0 Å². The summed E-state index contributed by atoms with van der Waals surface area (Å²) in [6.45, 7) is 4.83. The Hall–Kier alpha value is -0.660. The third kappa shape index (κ3) is 3.93. The van der Waals surface area contributed by atoms with Gasteiger partial charge in [0.2, 0.25) is 10.0 Å². The zero-order valence-electron chi connectivity index (χ0n) is 9.83. The molecule has 2 N–H and O–H groups in total. The van der Waals surface area contributed by atoms with Crippen LogP contribution in [0.3, 0.4) is 0 Å². The molecule has 0 bridgehead atoms. The molecule has 5 nitrogen and oxygen atoms in total. The summed E-state index contributed by atoms with van der Waals surface area (Å²) in [5.41, 5.74) is 0. The Morgan fingerprint density at radius 2 is 2.12 bits per heavy atom. The maximum Gasteiger partial charge on any atom is 0.244 e. The van der Waals surface area contributed by atoms with Gasteiger partial charge in [-0.3, -0.25) is 0 Å². The average molecular weight is 322 g/mol. The van der Waals surface area contributed by atoms with E-state index in [1.54, 1.807) is 12.3 Å². The molecule has 96 valence electrons. The van der Waals surface area contributed by atoms with E-state index >= 15 is 0 Å². The molecule has 0 fully saturated rings. The Morgan fingerprint density at radius 3 is 2.71 bits per heavy atom. The van der Waals surface area contributed by atoms with Gasteiger partial charge in [0.15, 0.2) is 0 Å². The molecule has 0 aliphatic heterocycles. The number of pyridine rings is 1. The van der Waals surface area contributed by atoms with Crippen molar-refractivity contribution in [1.82, 2.24) is 9.71 Å². The molecule has 0 atom stereocenters. The highest BCUT2D eigenvalue weighted by Crippen LogP contribution is 2.22. The molecule has 17 heavy (non-hydrogen) atoms. The summed E-state index contributed by atoms with van der Waals surface area (Å²) in [7, 11) is -3.50. The van der Waals surface area contributed by atoms with Crippen molar-refractivity contribution in [3.8, 4) is 0 Å². The van der Waals surface area contributed by atoms with Crippen LogP contribution in [-0.2, 0) is 10.0 Å². The van der Waals surface area contributed by atoms with Crippen molar-refractivity contribution in [2.45, 2.75) is 25.2 Å². The summed E-state index contributed by atoms with van der Waals surface area (Å²) in [4.78, 5) is 4.23. The first-order valence-corrected chi connectivity index (χ1v) is 7.68. The number of nitrogens with zero attached hydrogens (tertiary/aromatic N) is 1. The van der Waals surface area contributed by atoms with Crippen molar-refractivity contribution >= 4 is 31.8 Å². The van der Waals surface area contributed by atoms with Crippen LogP contribution in [0.2, 0.25) is 0 Å². The Labute approximate surface area is 110 Å². The highest BCUT2D eigenvalue weighted by Gasteiger charge is 2.19. The lowest BCUT2D eigenvalue weighted by molar-refractivity contribution is 0.580. The SMILES string of the molecule is CCCNS(=O)(=O)c1cc(Br)cnc1NCC. The summed E-state index contributed by atoms with van der Waals surface area (Å²) in [6.07, 6.45) is 2.31. The Morgan fingerprint density at radius 1 is 1.41 bits per heavy atom. The van der Waals surface area contributed by atoms with Gasteiger partial charge in [-0.2, -0.15) is 0 Å². The van der Waals surface area contributed by atoms with Crippen molar-refractivity contribution in [2.24, 2.45) is 0 Å². The average Bonchev–Trinajstić information content (AvgIpc) is 2.29. The third-order valence-electron chi connectivity index (χ3n) is 2.00. The zero-order valence-corrected chi connectivity index (χ0v) is 12.2. The molecule has 1 heterocycles. The van der Waals surface area contributed by atoms with E-state index in [9.17, 15) is 8.42 Å². The van der Waals surface area contributed by atoms with Gasteiger partial charge in [-0.05, 0) is 35.3 Å². The molecule has 0 amide bonds. The van der Waals surface area contributed by atoms with E-state index in [0.717, 1.165) is 6.42 Å². The fourth-order valence-corrected chi connectivity index (χ4v) is 3.01. The van der Waals surface area contributed by atoms with Crippen LogP contribution >= 0.6 is 15.9 Å². The minimum absolute atomic E-state index is 0.169. The van der Waals surface area contributed by atoms with Crippen molar-refractivity contribution in [3.05, 3.63) is 16.7 Å². The van der Waals surface area contributed by atoms with Crippen molar-refractivity contribution < 1.29 is 8.42 Å². The molecule has 0 spiro atoms. The number of aromatic nitrogens is 1. The second kappa shape index (κ2) is 6.32. The predicted octanol–water partition coefficient (Wildman–Crippen LogP) is 1.96. The third-order valence-corrected chi connectivity index (χ3v) is 3.90. The van der Waals surface area contributed by atoms with E-state index in [-0.39, 0.29) is 4.90 Å². The first-order chi connectivity index (χ1) is 8.01. The summed E-state index contributed by atoms with van der Waals surface area (Å²) >= 11 is 3.23. The molecule has 0 saturated carbocycles. The molecule has 0 saturated heterocycles. The van der Waals surface area contributed by atoms with Crippen LogP contribution in [-0.4, -0.2) is 26.5 Å². The summed E-state index contributed by atoms with van der Waals surface area (Å²) in [6, 6.07) is 1.54. The topological polar surface area (TPSA) is 71.1 Å². The first kappa shape index (κ1) is 14.4. The van der Waals surface area contributed by atoms with E-state index < -0.39 is 10.0 Å². The van der Waals surface area contributed by atoms with Gasteiger partial charge in [0.25, 0.3) is 0 Å². The Bertz CT molecular complexity index is 476. The number of hydrogen-bond acceptors (Lipinski definition) is 4. The van der Waals surface area contributed by atoms with Gasteiger partial charge >= 0.3 is 0 Å². The van der Waals surface area contributed by atoms with Crippen LogP contribution < -0.4 is 10.0 Å². The van der Waals surface area contributed by atoms with Gasteiger partial charge in [-0.1, -0.05) is 6.92 Å². The molecular weight excluding hydrogens is 306 g/mol. The Balaban J connectivity index is 3.13. The van der Waals surface area contributed by atoms with Gasteiger partial charge in [0, 0.05) is 23.8 Å². The van der Waals surface area contributed by atoms with Crippen LogP contribution in [0.1, 0.15) is 20.3 Å². The smallest absolute Gasteiger partial charge is 0.244 e. The standard InChI is InChI=1S/C10H16BrN3O2S/c1-3-5-14-17(15,16)9-6-8(11)7-13-10(9)12-4-2/h6-7,14H,3-5H2,1-2H3,(H,12,13). The molecule has 7 heteroatoms. The summed E-state index contributed by atoms with van der Waals surface area (Å²) in [5, 5.41) is 2.93. The van der Waals surface area contributed by atoms with Crippen LogP contribution in [0.15, 0.2) is 21.6 Å². The van der Waals surface area contributed by atoms with Gasteiger partial charge in [0.05, 0.1) is 0 Å². The van der Waals surface area contributed by atoms with Crippen LogP contribution in [0.4, 0.5) is 5.82 Å². The minimum atomic E-state index is -3.50. The minimum Gasteiger partial charge on any atom is -0.369 e. The second-order valence-corrected chi connectivity index (χ2v) is 6.08. The normalized spacial score (nSPS) is 11.5. The highest BCUT2D eigenvalue weighted by molar-refractivity contribution is 9.10. The molecule has 0 aromatic carbocycles. The molecule has 0 aliphatic carbocycles. The summed E-state index contributed by atoms with van der Waals surface area (Å²) in [5.74, 6) is 0.374. The second-order valence-electron chi connectivity index (χ2n) is 3.43. The molecule has 0 aliphatic rings. The lowest BCUT2D eigenvalue weighted by Gasteiger charge is -2.11. The van der Waals surface area contributed by atoms with Gasteiger partial charge < -0.3 is 5.32 Å². The van der Waals surface area contributed by atoms with E-state index in [1.807, 2.05) is 13.8 Å². The van der Waals surface area contributed by atoms with E-state index in [4.69, 9.17) is 0 Å². The number of nitrogens with one attached hydrogen (secondary N) is 2. The van der Waals surface area contributed by atoms with Gasteiger partial charge in [-0.15, -0.1) is 0 Å². The lowest BCUT2D eigenvalue weighted by Crippen LogP contribution is -2.25. The largest absolute Gasteiger partial charge is 0.369 e. The van der Waals surface area contributed by atoms with E-state index in [2.05, 4.69) is 31.0 Å². The highest BCUT2D eigenvalue weighted by atomic mass is 79.9. The molecule has 1 aromatic rings. The number of anilines is 1. The molecule has 0 unspecified atom stereocenters. The fourth-order valence-electron chi connectivity index (χ4n) is 1.24. The predicted molar refractivity (Wildman–Crippen MR) is 71.6 cm³/mol. The van der Waals surface area contributed by atoms with Crippen LogP contribution in [0.25, 0.3) is 0 Å². The number of sulfonamides is 1. The number of rotatable bonds is 6. The van der Waals surface area contributed by atoms with Crippen molar-refractivity contribution in [3.63, 3.8) is 0 Å². The summed E-state index contributed by atoms with van der Waals surface area (Å²) < 4.78 is 27.2. The van der Waals surface area contributed by atoms with Crippen molar-refractivity contribution in [2.75, 3.05) is 18.4 Å². The molecule has 0 radical (unpaired) electrons. The first-order valence-electron chi connectivity index (χ1n) is 5.40. The van der Waals surface area contributed by atoms with Gasteiger partial charge in [-0.25, -0.2) is 18.1 Å². The van der Waals surface area contributed by atoms with Gasteiger partial charge in [0.1, 0.15) is 10.7 Å². The fraction of sp³-hybridized carbons (Fsp3) is 0.500. The lowest BCUT2D eigenvalue weighted by atomic mass is 10.4. The Kier molecular flexibility index (Phi) is 5.35. The maximum atomic E-state index is 12.0. The zero-order chi connectivity index (χ0) is 12.9. The van der Waals surface area contributed by atoms with Crippen LogP contribution in [0.5, 0.6) is 0 Å². The quantitative estimate of drug-likeness (QED) is 0.840. The molecular formula is C10H16BrN3O2S. The monoisotopic (exact) mass is 321 g/mol. The number of hydrogen-bond donors (Lipinski definition) is 2. The maximum absolute atomic E-state index is 12.0. The number of halogens is 1.